The van der Waals surface area contributed by atoms with Gasteiger partial charge in [0.1, 0.15) is 0 Å². The fourth-order valence-electron chi connectivity index (χ4n) is 3.70. The normalized spacial score (nSPS) is 22.3. The molecule has 0 radical (unpaired) electrons. The van der Waals surface area contributed by atoms with Crippen LogP contribution in [0.5, 0.6) is 11.5 Å². The molecule has 8 nitrogen and oxygen atoms in total. The molecule has 0 saturated carbocycles. The summed E-state index contributed by atoms with van der Waals surface area (Å²) in [4.78, 5) is 41.2. The van der Waals surface area contributed by atoms with E-state index in [0.717, 1.165) is 28.4 Å². The van der Waals surface area contributed by atoms with Gasteiger partial charge in [0.2, 0.25) is 6.79 Å². The first-order valence-corrected chi connectivity index (χ1v) is 8.87. The molecule has 3 aliphatic heterocycles. The molecule has 3 aliphatic rings. The summed E-state index contributed by atoms with van der Waals surface area (Å²) in [5.41, 5.74) is 1.09. The highest BCUT2D eigenvalue weighted by Gasteiger charge is 2.39. The number of piperazine rings is 1. The lowest BCUT2D eigenvalue weighted by atomic mass is 9.98. The highest BCUT2D eigenvalue weighted by molar-refractivity contribution is 6.38. The van der Waals surface area contributed by atoms with Crippen molar-refractivity contribution >= 4 is 17.8 Å². The monoisotopic (exact) mass is 359 g/mol. The largest absolute Gasteiger partial charge is 0.454 e. The fourth-order valence-corrected chi connectivity index (χ4v) is 3.70. The zero-order valence-electron chi connectivity index (χ0n) is 14.6. The standard InChI is InChI=1S/C18H21N3O5/c1-2-19-7-8-21(17(23)16(19)22)18(24)20-6-5-13(10-20)12-3-4-14-15(9-12)26-11-25-14/h3-4,9,13H,2,5-8,10-11H2,1H3/t13-/m1/s1. The van der Waals surface area contributed by atoms with Crippen LogP contribution in [0.25, 0.3) is 0 Å². The van der Waals surface area contributed by atoms with Gasteiger partial charge in [-0.25, -0.2) is 4.79 Å². The number of hydrogen-bond acceptors (Lipinski definition) is 5. The molecule has 138 valence electrons. The molecule has 0 bridgehead atoms. The maximum absolute atomic E-state index is 12.7. The Morgan fingerprint density at radius 3 is 2.73 bits per heavy atom. The van der Waals surface area contributed by atoms with Gasteiger partial charge < -0.3 is 19.3 Å². The van der Waals surface area contributed by atoms with Gasteiger partial charge in [-0.05, 0) is 31.0 Å². The van der Waals surface area contributed by atoms with E-state index in [4.69, 9.17) is 9.47 Å². The minimum Gasteiger partial charge on any atom is -0.454 e. The number of hydrogen-bond donors (Lipinski definition) is 0. The quantitative estimate of drug-likeness (QED) is 0.737. The maximum atomic E-state index is 12.7. The summed E-state index contributed by atoms with van der Waals surface area (Å²) in [6, 6.07) is 5.45. The van der Waals surface area contributed by atoms with Crippen molar-refractivity contribution in [2.75, 3.05) is 39.5 Å². The van der Waals surface area contributed by atoms with E-state index in [2.05, 4.69) is 0 Å². The molecule has 26 heavy (non-hydrogen) atoms. The summed E-state index contributed by atoms with van der Waals surface area (Å²) in [5, 5.41) is 0. The third kappa shape index (κ3) is 2.75. The van der Waals surface area contributed by atoms with Gasteiger partial charge in [-0.1, -0.05) is 6.07 Å². The van der Waals surface area contributed by atoms with Crippen LogP contribution in [0.4, 0.5) is 4.79 Å². The molecule has 0 aromatic heterocycles. The lowest BCUT2D eigenvalue weighted by molar-refractivity contribution is -0.153. The smallest absolute Gasteiger partial charge is 0.327 e. The number of amides is 4. The summed E-state index contributed by atoms with van der Waals surface area (Å²) in [7, 11) is 0. The van der Waals surface area contributed by atoms with E-state index in [1.807, 2.05) is 25.1 Å². The first-order chi connectivity index (χ1) is 12.6. The van der Waals surface area contributed by atoms with Crippen LogP contribution in [-0.2, 0) is 9.59 Å². The first-order valence-electron chi connectivity index (χ1n) is 8.87. The molecule has 2 saturated heterocycles. The number of fused-ring (bicyclic) bond motifs is 1. The molecule has 0 N–H and O–H groups in total. The number of benzene rings is 1. The molecule has 0 spiro atoms. The Balaban J connectivity index is 1.43. The van der Waals surface area contributed by atoms with Crippen molar-refractivity contribution in [3.8, 4) is 11.5 Å². The molecule has 0 unspecified atom stereocenters. The van der Waals surface area contributed by atoms with Gasteiger partial charge in [-0.15, -0.1) is 0 Å². The molecule has 3 heterocycles. The second kappa shape index (κ2) is 6.51. The number of carbonyl (C=O) groups excluding carboxylic acids is 3. The van der Waals surface area contributed by atoms with Gasteiger partial charge in [0.25, 0.3) is 0 Å². The molecular weight excluding hydrogens is 338 g/mol. The molecule has 2 fully saturated rings. The molecule has 4 rings (SSSR count). The number of nitrogens with zero attached hydrogens (tertiary/aromatic N) is 3. The zero-order chi connectivity index (χ0) is 18.3. The highest BCUT2D eigenvalue weighted by Crippen LogP contribution is 2.37. The van der Waals surface area contributed by atoms with Crippen LogP contribution >= 0.6 is 0 Å². The minimum atomic E-state index is -0.727. The predicted octanol–water partition coefficient (Wildman–Crippen LogP) is 1.02. The van der Waals surface area contributed by atoms with Crippen molar-refractivity contribution in [2.45, 2.75) is 19.3 Å². The summed E-state index contributed by atoms with van der Waals surface area (Å²) in [6.45, 7) is 4.26. The van der Waals surface area contributed by atoms with E-state index in [1.54, 1.807) is 4.90 Å². The Bertz CT molecular complexity index is 765. The van der Waals surface area contributed by atoms with Crippen molar-refractivity contribution < 1.29 is 23.9 Å². The van der Waals surface area contributed by atoms with Crippen molar-refractivity contribution in [1.29, 1.82) is 0 Å². The van der Waals surface area contributed by atoms with Crippen LogP contribution in [0.1, 0.15) is 24.8 Å². The number of imide groups is 1. The Labute approximate surface area is 151 Å². The summed E-state index contributed by atoms with van der Waals surface area (Å²) >= 11 is 0. The van der Waals surface area contributed by atoms with Crippen LogP contribution in [0, 0.1) is 0 Å². The number of carbonyl (C=O) groups is 3. The van der Waals surface area contributed by atoms with E-state index in [1.165, 1.54) is 4.90 Å². The van der Waals surface area contributed by atoms with Crippen LogP contribution < -0.4 is 9.47 Å². The van der Waals surface area contributed by atoms with Gasteiger partial charge >= 0.3 is 17.8 Å². The minimum absolute atomic E-state index is 0.177. The Morgan fingerprint density at radius 1 is 1.12 bits per heavy atom. The second-order valence-electron chi connectivity index (χ2n) is 6.67. The maximum Gasteiger partial charge on any atom is 0.327 e. The summed E-state index contributed by atoms with van der Waals surface area (Å²) in [5.74, 6) is 0.311. The molecule has 4 amide bonds. The van der Waals surface area contributed by atoms with E-state index in [9.17, 15) is 14.4 Å². The highest BCUT2D eigenvalue weighted by atomic mass is 16.7. The van der Waals surface area contributed by atoms with Gasteiger partial charge in [0, 0.05) is 38.6 Å². The molecule has 1 aromatic carbocycles. The average Bonchev–Trinajstić information content (AvgIpc) is 3.32. The van der Waals surface area contributed by atoms with Gasteiger partial charge in [-0.3, -0.25) is 14.5 Å². The third-order valence-corrected chi connectivity index (χ3v) is 5.25. The van der Waals surface area contributed by atoms with Crippen LogP contribution in [0.3, 0.4) is 0 Å². The van der Waals surface area contributed by atoms with Crippen LogP contribution in [-0.4, -0.2) is 72.1 Å². The predicted molar refractivity (Wildman–Crippen MR) is 90.9 cm³/mol. The summed E-state index contributed by atoms with van der Waals surface area (Å²) in [6.07, 6.45) is 0.808. The number of likely N-dealkylation sites (N-methyl/N-ethyl adjacent to an activating group) is 1. The van der Waals surface area contributed by atoms with E-state index in [0.29, 0.717) is 26.2 Å². The lowest BCUT2D eigenvalue weighted by Crippen LogP contribution is -2.58. The molecule has 1 aromatic rings. The Hall–Kier alpha value is -2.77. The fraction of sp³-hybridized carbons (Fsp3) is 0.500. The van der Waals surface area contributed by atoms with Gasteiger partial charge in [-0.2, -0.15) is 0 Å². The number of likely N-dealkylation sites (tertiary alicyclic amines) is 1. The number of ether oxygens (including phenoxy) is 2. The number of rotatable bonds is 2. The molecular formula is C18H21N3O5. The third-order valence-electron chi connectivity index (χ3n) is 5.25. The lowest BCUT2D eigenvalue weighted by Gasteiger charge is -2.34. The molecule has 8 heteroatoms. The molecule has 1 atom stereocenters. The van der Waals surface area contributed by atoms with Crippen molar-refractivity contribution in [2.24, 2.45) is 0 Å². The van der Waals surface area contributed by atoms with E-state index < -0.39 is 11.8 Å². The van der Waals surface area contributed by atoms with Gasteiger partial charge in [0.05, 0.1) is 0 Å². The van der Waals surface area contributed by atoms with E-state index in [-0.39, 0.29) is 25.3 Å². The SMILES string of the molecule is CCN1CCN(C(=O)N2CC[C@@H](c3ccc4c(c3)OCO4)C2)C(=O)C1=O. The van der Waals surface area contributed by atoms with Crippen molar-refractivity contribution in [3.05, 3.63) is 23.8 Å². The van der Waals surface area contributed by atoms with Crippen molar-refractivity contribution in [1.82, 2.24) is 14.7 Å². The first kappa shape index (κ1) is 16.7. The Morgan fingerprint density at radius 2 is 1.92 bits per heavy atom. The topological polar surface area (TPSA) is 79.4 Å². The second-order valence-corrected chi connectivity index (χ2v) is 6.67. The Kier molecular flexibility index (Phi) is 4.18. The van der Waals surface area contributed by atoms with Crippen LogP contribution in [0.2, 0.25) is 0 Å². The van der Waals surface area contributed by atoms with Crippen molar-refractivity contribution in [3.63, 3.8) is 0 Å². The van der Waals surface area contributed by atoms with Crippen LogP contribution in [0.15, 0.2) is 18.2 Å². The zero-order valence-corrected chi connectivity index (χ0v) is 14.6. The number of urea groups is 1. The van der Waals surface area contributed by atoms with E-state index >= 15 is 0 Å². The summed E-state index contributed by atoms with van der Waals surface area (Å²) < 4.78 is 10.7. The average molecular weight is 359 g/mol. The molecule has 0 aliphatic carbocycles. The van der Waals surface area contributed by atoms with Gasteiger partial charge in [0.15, 0.2) is 11.5 Å².